The van der Waals surface area contributed by atoms with E-state index >= 15 is 0 Å². The number of unbranched alkanes of at least 4 members (excludes halogenated alkanes) is 1. The van der Waals surface area contributed by atoms with Gasteiger partial charge >= 0.3 is 5.63 Å². The first-order chi connectivity index (χ1) is 8.63. The van der Waals surface area contributed by atoms with E-state index in [2.05, 4.69) is 0 Å². The SMILES string of the molecule is CCCCOc1ccc2cc(C)oc(=O)c2c1F. The molecule has 0 N–H and O–H groups in total. The summed E-state index contributed by atoms with van der Waals surface area (Å²) in [5.41, 5.74) is -0.663. The highest BCUT2D eigenvalue weighted by molar-refractivity contribution is 5.83. The van der Waals surface area contributed by atoms with Crippen LogP contribution in [0.1, 0.15) is 25.5 Å². The Hall–Kier alpha value is -1.84. The summed E-state index contributed by atoms with van der Waals surface area (Å²) in [5.74, 6) is -0.0731. The lowest BCUT2D eigenvalue weighted by molar-refractivity contribution is 0.295. The lowest BCUT2D eigenvalue weighted by Crippen LogP contribution is -2.05. The molecule has 4 heteroatoms. The highest BCUT2D eigenvalue weighted by atomic mass is 19.1. The Morgan fingerprint density at radius 2 is 2.17 bits per heavy atom. The van der Waals surface area contributed by atoms with E-state index in [0.29, 0.717) is 17.8 Å². The van der Waals surface area contributed by atoms with Crippen molar-refractivity contribution in [3.05, 3.63) is 40.2 Å². The minimum Gasteiger partial charge on any atom is -0.490 e. The van der Waals surface area contributed by atoms with Crippen LogP contribution in [-0.4, -0.2) is 6.61 Å². The zero-order valence-corrected chi connectivity index (χ0v) is 10.5. The summed E-state index contributed by atoms with van der Waals surface area (Å²) < 4.78 is 24.3. The normalized spacial score (nSPS) is 10.8. The predicted molar refractivity (Wildman–Crippen MR) is 67.6 cm³/mol. The molecule has 0 fully saturated rings. The zero-order chi connectivity index (χ0) is 13.1. The van der Waals surface area contributed by atoms with E-state index in [4.69, 9.17) is 9.15 Å². The maximum absolute atomic E-state index is 14.1. The minimum atomic E-state index is -0.663. The average molecular weight is 250 g/mol. The van der Waals surface area contributed by atoms with Crippen LogP contribution in [-0.2, 0) is 0 Å². The van der Waals surface area contributed by atoms with E-state index in [0.717, 1.165) is 12.8 Å². The molecule has 0 aliphatic heterocycles. The number of rotatable bonds is 4. The summed E-state index contributed by atoms with van der Waals surface area (Å²) in [4.78, 5) is 11.6. The Kier molecular flexibility index (Phi) is 3.65. The van der Waals surface area contributed by atoms with Gasteiger partial charge in [-0.15, -0.1) is 0 Å². The van der Waals surface area contributed by atoms with E-state index in [9.17, 15) is 9.18 Å². The second-order valence-corrected chi connectivity index (χ2v) is 4.19. The Morgan fingerprint density at radius 1 is 1.39 bits per heavy atom. The van der Waals surface area contributed by atoms with Gasteiger partial charge in [-0.1, -0.05) is 19.4 Å². The number of halogens is 1. The molecule has 1 aromatic carbocycles. The van der Waals surface area contributed by atoms with Crippen LogP contribution >= 0.6 is 0 Å². The fraction of sp³-hybridized carbons (Fsp3) is 0.357. The van der Waals surface area contributed by atoms with Crippen LogP contribution < -0.4 is 10.4 Å². The molecule has 0 aliphatic carbocycles. The molecular formula is C14H15FO3. The fourth-order valence-corrected chi connectivity index (χ4v) is 1.78. The molecule has 3 nitrogen and oxygen atoms in total. The van der Waals surface area contributed by atoms with Gasteiger partial charge in [0.1, 0.15) is 11.1 Å². The lowest BCUT2D eigenvalue weighted by Gasteiger charge is -2.08. The van der Waals surface area contributed by atoms with Crippen molar-refractivity contribution in [2.24, 2.45) is 0 Å². The molecule has 0 atom stereocenters. The quantitative estimate of drug-likeness (QED) is 0.780. The predicted octanol–water partition coefficient (Wildman–Crippen LogP) is 3.42. The summed E-state index contributed by atoms with van der Waals surface area (Å²) in [6, 6.07) is 4.85. The second-order valence-electron chi connectivity index (χ2n) is 4.19. The molecule has 0 spiro atoms. The van der Waals surface area contributed by atoms with Crippen molar-refractivity contribution in [1.82, 2.24) is 0 Å². The van der Waals surface area contributed by atoms with E-state index in [-0.39, 0.29) is 11.1 Å². The van der Waals surface area contributed by atoms with Gasteiger partial charge in [0.2, 0.25) is 0 Å². The van der Waals surface area contributed by atoms with Crippen LogP contribution in [0.5, 0.6) is 5.75 Å². The van der Waals surface area contributed by atoms with Crippen molar-refractivity contribution >= 4 is 10.8 Å². The van der Waals surface area contributed by atoms with Gasteiger partial charge in [-0.25, -0.2) is 9.18 Å². The molecule has 18 heavy (non-hydrogen) atoms. The number of hydrogen-bond donors (Lipinski definition) is 0. The molecule has 1 aromatic heterocycles. The van der Waals surface area contributed by atoms with Crippen LogP contribution in [0.3, 0.4) is 0 Å². The van der Waals surface area contributed by atoms with Gasteiger partial charge in [0.05, 0.1) is 6.61 Å². The number of ether oxygens (including phenoxy) is 1. The Balaban J connectivity index is 2.47. The van der Waals surface area contributed by atoms with Crippen LogP contribution in [0.25, 0.3) is 10.8 Å². The zero-order valence-electron chi connectivity index (χ0n) is 10.5. The first-order valence-electron chi connectivity index (χ1n) is 5.99. The molecule has 2 aromatic rings. The molecule has 1 heterocycles. The van der Waals surface area contributed by atoms with Gasteiger partial charge in [-0.05, 0) is 30.9 Å². The highest BCUT2D eigenvalue weighted by Crippen LogP contribution is 2.24. The smallest absolute Gasteiger partial charge is 0.346 e. The first-order valence-corrected chi connectivity index (χ1v) is 5.99. The summed E-state index contributed by atoms with van der Waals surface area (Å²) in [7, 11) is 0. The number of fused-ring (bicyclic) bond motifs is 1. The van der Waals surface area contributed by atoms with Crippen molar-refractivity contribution in [2.45, 2.75) is 26.7 Å². The molecule has 96 valence electrons. The number of aryl methyl sites for hydroxylation is 1. The molecule has 0 saturated carbocycles. The third kappa shape index (κ3) is 2.37. The minimum absolute atomic E-state index is 0.0467. The highest BCUT2D eigenvalue weighted by Gasteiger charge is 2.13. The monoisotopic (exact) mass is 250 g/mol. The molecule has 2 rings (SSSR count). The second kappa shape index (κ2) is 5.21. The Labute approximate surface area is 104 Å². The third-order valence-corrected chi connectivity index (χ3v) is 2.71. The molecule has 0 radical (unpaired) electrons. The standard InChI is InChI=1S/C14H15FO3/c1-3-4-7-17-11-6-5-10-8-9(2)18-14(16)12(10)13(11)15/h5-6,8H,3-4,7H2,1-2H3. The molecule has 0 bridgehead atoms. The van der Waals surface area contributed by atoms with Gasteiger partial charge in [-0.3, -0.25) is 0 Å². The van der Waals surface area contributed by atoms with Gasteiger partial charge < -0.3 is 9.15 Å². The fourth-order valence-electron chi connectivity index (χ4n) is 1.78. The number of hydrogen-bond acceptors (Lipinski definition) is 3. The molecule has 0 amide bonds. The van der Waals surface area contributed by atoms with Crippen molar-refractivity contribution in [2.75, 3.05) is 6.61 Å². The van der Waals surface area contributed by atoms with Gasteiger partial charge in [0.15, 0.2) is 11.6 Å². The van der Waals surface area contributed by atoms with Crippen molar-refractivity contribution in [3.63, 3.8) is 0 Å². The molecule has 0 aliphatic rings. The van der Waals surface area contributed by atoms with Crippen LogP contribution in [0.15, 0.2) is 27.4 Å². The maximum Gasteiger partial charge on any atom is 0.346 e. The lowest BCUT2D eigenvalue weighted by atomic mass is 10.1. The van der Waals surface area contributed by atoms with E-state index < -0.39 is 11.4 Å². The van der Waals surface area contributed by atoms with E-state index in [1.54, 1.807) is 25.1 Å². The Morgan fingerprint density at radius 3 is 2.89 bits per heavy atom. The summed E-state index contributed by atoms with van der Waals surface area (Å²) in [6.45, 7) is 4.12. The summed E-state index contributed by atoms with van der Waals surface area (Å²) >= 11 is 0. The van der Waals surface area contributed by atoms with Gasteiger partial charge in [0.25, 0.3) is 0 Å². The van der Waals surface area contributed by atoms with Gasteiger partial charge in [0, 0.05) is 0 Å². The average Bonchev–Trinajstić information content (AvgIpc) is 2.31. The Bertz CT molecular complexity index is 616. The van der Waals surface area contributed by atoms with Crippen LogP contribution in [0.2, 0.25) is 0 Å². The molecule has 0 saturated heterocycles. The van der Waals surface area contributed by atoms with E-state index in [1.807, 2.05) is 6.92 Å². The maximum atomic E-state index is 14.1. The van der Waals surface area contributed by atoms with Crippen LogP contribution in [0, 0.1) is 12.7 Å². The largest absolute Gasteiger partial charge is 0.490 e. The summed E-state index contributed by atoms with van der Waals surface area (Å²) in [6.07, 6.45) is 1.82. The molecule has 0 unspecified atom stereocenters. The van der Waals surface area contributed by atoms with Crippen molar-refractivity contribution < 1.29 is 13.5 Å². The van der Waals surface area contributed by atoms with E-state index in [1.165, 1.54) is 0 Å². The van der Waals surface area contributed by atoms with Crippen LogP contribution in [0.4, 0.5) is 4.39 Å². The number of benzene rings is 1. The van der Waals surface area contributed by atoms with Crippen molar-refractivity contribution in [3.8, 4) is 5.75 Å². The topological polar surface area (TPSA) is 39.4 Å². The van der Waals surface area contributed by atoms with Crippen molar-refractivity contribution in [1.29, 1.82) is 0 Å². The van der Waals surface area contributed by atoms with Gasteiger partial charge in [-0.2, -0.15) is 0 Å². The summed E-state index contributed by atoms with van der Waals surface area (Å²) in [5, 5.41) is 0.485. The molecular weight excluding hydrogens is 235 g/mol. The third-order valence-electron chi connectivity index (χ3n) is 2.71. The first kappa shape index (κ1) is 12.6.